The fourth-order valence-corrected chi connectivity index (χ4v) is 2.67. The number of halogens is 2. The molecule has 3 rings (SSSR count). The summed E-state index contributed by atoms with van der Waals surface area (Å²) in [4.78, 5) is 2.16. The van der Waals surface area contributed by atoms with E-state index in [1.807, 2.05) is 6.20 Å². The van der Waals surface area contributed by atoms with E-state index in [9.17, 15) is 5.11 Å². The summed E-state index contributed by atoms with van der Waals surface area (Å²) >= 11 is 0. The van der Waals surface area contributed by atoms with E-state index in [2.05, 4.69) is 46.3 Å². The molecule has 0 radical (unpaired) electrons. The SMILES string of the molecule is Cc1ccc(-c2[nH]ncc2CN2C[C@@H](N)[C@H](O)C2)cc1.Cl.Cl. The summed E-state index contributed by atoms with van der Waals surface area (Å²) in [6, 6.07) is 8.23. The lowest BCUT2D eigenvalue weighted by atomic mass is 10.1. The molecule has 122 valence electrons. The van der Waals surface area contributed by atoms with Gasteiger partial charge in [-0.3, -0.25) is 10.00 Å². The number of likely N-dealkylation sites (tertiary alicyclic amines) is 1. The molecule has 22 heavy (non-hydrogen) atoms. The van der Waals surface area contributed by atoms with Crippen molar-refractivity contribution in [3.8, 4) is 11.3 Å². The van der Waals surface area contributed by atoms with Crippen LogP contribution in [0.4, 0.5) is 0 Å². The Labute approximate surface area is 142 Å². The van der Waals surface area contributed by atoms with Crippen LogP contribution in [0.5, 0.6) is 0 Å². The number of nitrogens with zero attached hydrogens (tertiary/aromatic N) is 2. The van der Waals surface area contributed by atoms with Gasteiger partial charge in [-0.2, -0.15) is 5.10 Å². The van der Waals surface area contributed by atoms with Crippen LogP contribution < -0.4 is 5.73 Å². The Bertz CT molecular complexity index is 577. The van der Waals surface area contributed by atoms with Crippen LogP contribution in [0.15, 0.2) is 30.5 Å². The van der Waals surface area contributed by atoms with Crippen molar-refractivity contribution in [2.75, 3.05) is 13.1 Å². The van der Waals surface area contributed by atoms with Crippen LogP contribution in [0.1, 0.15) is 11.1 Å². The molecule has 1 aliphatic heterocycles. The maximum Gasteiger partial charge on any atom is 0.0830 e. The van der Waals surface area contributed by atoms with E-state index in [1.165, 1.54) is 5.56 Å². The van der Waals surface area contributed by atoms with Gasteiger partial charge in [-0.05, 0) is 12.5 Å². The Balaban J connectivity index is 0.00000121. The summed E-state index contributed by atoms with van der Waals surface area (Å²) in [5, 5.41) is 16.9. The number of nitrogens with one attached hydrogen (secondary N) is 1. The number of aromatic amines is 1. The number of benzene rings is 1. The van der Waals surface area contributed by atoms with E-state index in [-0.39, 0.29) is 30.9 Å². The highest BCUT2D eigenvalue weighted by atomic mass is 35.5. The van der Waals surface area contributed by atoms with E-state index in [0.717, 1.165) is 29.9 Å². The number of aliphatic hydroxyl groups excluding tert-OH is 1. The van der Waals surface area contributed by atoms with Crippen molar-refractivity contribution < 1.29 is 5.11 Å². The summed E-state index contributed by atoms with van der Waals surface area (Å²) in [5.41, 5.74) is 10.4. The molecule has 2 aromatic rings. The number of H-pyrrole nitrogens is 1. The third-order valence-electron chi connectivity index (χ3n) is 3.86. The number of β-amino-alcohol motifs (C(OH)–C–C–N with tert-alkyl or cyclic N) is 1. The first-order valence-corrected chi connectivity index (χ1v) is 6.89. The minimum Gasteiger partial charge on any atom is -0.390 e. The summed E-state index contributed by atoms with van der Waals surface area (Å²) in [6.07, 6.45) is 1.43. The van der Waals surface area contributed by atoms with Gasteiger partial charge in [0.1, 0.15) is 0 Å². The Kier molecular flexibility index (Phi) is 6.84. The van der Waals surface area contributed by atoms with E-state index >= 15 is 0 Å². The Morgan fingerprint density at radius 2 is 1.95 bits per heavy atom. The van der Waals surface area contributed by atoms with Crippen molar-refractivity contribution in [3.05, 3.63) is 41.6 Å². The maximum atomic E-state index is 9.72. The second-order valence-electron chi connectivity index (χ2n) is 5.56. The highest BCUT2D eigenvalue weighted by molar-refractivity contribution is 5.85. The molecule has 2 atom stereocenters. The zero-order valence-corrected chi connectivity index (χ0v) is 14.0. The predicted molar refractivity (Wildman–Crippen MR) is 92.5 cm³/mol. The normalized spacial score (nSPS) is 21.2. The maximum absolute atomic E-state index is 9.72. The monoisotopic (exact) mass is 344 g/mol. The van der Waals surface area contributed by atoms with Gasteiger partial charge < -0.3 is 10.8 Å². The van der Waals surface area contributed by atoms with E-state index in [1.54, 1.807) is 0 Å². The molecular weight excluding hydrogens is 323 g/mol. The molecular formula is C15H22Cl2N4O. The summed E-state index contributed by atoms with van der Waals surface area (Å²) in [7, 11) is 0. The van der Waals surface area contributed by atoms with Crippen molar-refractivity contribution in [1.29, 1.82) is 0 Å². The number of nitrogens with two attached hydrogens (primary N) is 1. The number of rotatable bonds is 3. The van der Waals surface area contributed by atoms with Crippen LogP contribution in [-0.4, -0.2) is 45.4 Å². The predicted octanol–water partition coefficient (Wildman–Crippen LogP) is 1.73. The molecule has 4 N–H and O–H groups in total. The van der Waals surface area contributed by atoms with Gasteiger partial charge in [0.2, 0.25) is 0 Å². The molecule has 1 fully saturated rings. The molecule has 1 aliphatic rings. The number of hydrogen-bond donors (Lipinski definition) is 3. The molecule has 1 aromatic carbocycles. The Hall–Kier alpha value is -1.11. The lowest BCUT2D eigenvalue weighted by Gasteiger charge is -2.14. The van der Waals surface area contributed by atoms with Gasteiger partial charge in [0.15, 0.2) is 0 Å². The molecule has 1 saturated heterocycles. The highest BCUT2D eigenvalue weighted by Gasteiger charge is 2.28. The first-order chi connectivity index (χ1) is 9.63. The molecule has 1 aromatic heterocycles. The van der Waals surface area contributed by atoms with Gasteiger partial charge in [0.05, 0.1) is 18.0 Å². The van der Waals surface area contributed by atoms with E-state index < -0.39 is 6.10 Å². The Morgan fingerprint density at radius 1 is 1.27 bits per heavy atom. The Morgan fingerprint density at radius 3 is 2.55 bits per heavy atom. The minimum absolute atomic E-state index is 0. The molecule has 0 unspecified atom stereocenters. The average molecular weight is 345 g/mol. The first-order valence-electron chi connectivity index (χ1n) is 6.89. The summed E-state index contributed by atoms with van der Waals surface area (Å²) in [5.74, 6) is 0. The molecule has 7 heteroatoms. The zero-order chi connectivity index (χ0) is 14.1. The van der Waals surface area contributed by atoms with Crippen LogP contribution in [0.25, 0.3) is 11.3 Å². The third kappa shape index (κ3) is 4.00. The zero-order valence-electron chi connectivity index (χ0n) is 12.4. The van der Waals surface area contributed by atoms with Crippen molar-refractivity contribution in [1.82, 2.24) is 15.1 Å². The second kappa shape index (κ2) is 7.94. The number of aromatic nitrogens is 2. The standard InChI is InChI=1S/C15H20N4O.2ClH/c1-10-2-4-11(5-3-10)15-12(6-17-18-15)7-19-8-13(16)14(20)9-19;;/h2-6,13-14,20H,7-9,16H2,1H3,(H,17,18);2*1H/t13-,14-;;/m1../s1. The molecule has 0 aliphatic carbocycles. The van der Waals surface area contributed by atoms with Crippen molar-refractivity contribution in [2.45, 2.75) is 25.6 Å². The van der Waals surface area contributed by atoms with Crippen LogP contribution in [0.2, 0.25) is 0 Å². The van der Waals surface area contributed by atoms with Crippen molar-refractivity contribution in [2.24, 2.45) is 5.73 Å². The van der Waals surface area contributed by atoms with Crippen LogP contribution in [0, 0.1) is 6.92 Å². The molecule has 0 bridgehead atoms. The van der Waals surface area contributed by atoms with Gasteiger partial charge >= 0.3 is 0 Å². The summed E-state index contributed by atoms with van der Waals surface area (Å²) < 4.78 is 0. The van der Waals surface area contributed by atoms with E-state index in [0.29, 0.717) is 6.54 Å². The number of aliphatic hydroxyl groups is 1. The van der Waals surface area contributed by atoms with Crippen molar-refractivity contribution in [3.63, 3.8) is 0 Å². The van der Waals surface area contributed by atoms with Gasteiger partial charge in [-0.1, -0.05) is 29.8 Å². The van der Waals surface area contributed by atoms with Gasteiger partial charge in [-0.25, -0.2) is 0 Å². The fraction of sp³-hybridized carbons (Fsp3) is 0.400. The number of hydrogen-bond acceptors (Lipinski definition) is 4. The lowest BCUT2D eigenvalue weighted by molar-refractivity contribution is 0.164. The summed E-state index contributed by atoms with van der Waals surface area (Å²) in [6.45, 7) is 4.18. The van der Waals surface area contributed by atoms with Gasteiger partial charge in [0, 0.05) is 31.2 Å². The molecule has 0 spiro atoms. The van der Waals surface area contributed by atoms with E-state index in [4.69, 9.17) is 5.73 Å². The smallest absolute Gasteiger partial charge is 0.0830 e. The molecule has 5 nitrogen and oxygen atoms in total. The van der Waals surface area contributed by atoms with Crippen LogP contribution in [-0.2, 0) is 6.54 Å². The number of aryl methyl sites for hydroxylation is 1. The average Bonchev–Trinajstić information content (AvgIpc) is 2.99. The van der Waals surface area contributed by atoms with Crippen molar-refractivity contribution >= 4 is 24.8 Å². The van der Waals surface area contributed by atoms with Crippen LogP contribution >= 0.6 is 24.8 Å². The lowest BCUT2D eigenvalue weighted by Crippen LogP contribution is -2.32. The quantitative estimate of drug-likeness (QED) is 0.792. The highest BCUT2D eigenvalue weighted by Crippen LogP contribution is 2.23. The molecule has 0 saturated carbocycles. The van der Waals surface area contributed by atoms with Crippen LogP contribution in [0.3, 0.4) is 0 Å². The first kappa shape index (κ1) is 18.9. The molecule has 0 amide bonds. The second-order valence-corrected chi connectivity index (χ2v) is 5.56. The topological polar surface area (TPSA) is 78.2 Å². The minimum atomic E-state index is -0.426. The van der Waals surface area contributed by atoms with Gasteiger partial charge in [0.25, 0.3) is 0 Å². The van der Waals surface area contributed by atoms with Gasteiger partial charge in [-0.15, -0.1) is 24.8 Å². The third-order valence-corrected chi connectivity index (χ3v) is 3.86. The largest absolute Gasteiger partial charge is 0.390 e. The fourth-order valence-electron chi connectivity index (χ4n) is 2.67. The molecule has 2 heterocycles.